The Morgan fingerprint density at radius 1 is 0.745 bits per heavy atom. The summed E-state index contributed by atoms with van der Waals surface area (Å²) in [4.78, 5) is 4.70. The van der Waals surface area contributed by atoms with Crippen molar-refractivity contribution in [2.75, 3.05) is 4.90 Å². The Morgan fingerprint density at radius 3 is 2.07 bits per heavy atom. The Balaban J connectivity index is 1.17. The van der Waals surface area contributed by atoms with E-state index < -0.39 is 0 Å². The molecule has 2 nitrogen and oxygen atoms in total. The predicted molar refractivity (Wildman–Crippen MR) is 233 cm³/mol. The lowest BCUT2D eigenvalue weighted by atomic mass is 9.82. The van der Waals surface area contributed by atoms with Gasteiger partial charge in [0.25, 0.3) is 0 Å². The summed E-state index contributed by atoms with van der Waals surface area (Å²) in [5.41, 5.74) is 16.4. The van der Waals surface area contributed by atoms with Crippen LogP contribution in [0.3, 0.4) is 0 Å². The van der Waals surface area contributed by atoms with E-state index in [1.165, 1.54) is 33.4 Å². The fourth-order valence-corrected chi connectivity index (χ4v) is 8.59. The normalized spacial score (nSPS) is 18.2. The second-order valence-corrected chi connectivity index (χ2v) is 14.8. The average Bonchev–Trinajstić information content (AvgIpc) is 3.65. The molecule has 2 atom stereocenters. The van der Waals surface area contributed by atoms with E-state index in [1.807, 2.05) is 19.1 Å². The second-order valence-electron chi connectivity index (χ2n) is 14.8. The minimum absolute atomic E-state index is 0.0503. The quantitative estimate of drug-likeness (QED) is 0.117. The molecular weight excluding hydrogens is 665 g/mol. The van der Waals surface area contributed by atoms with E-state index in [1.54, 1.807) is 6.08 Å². The molecule has 0 amide bonds. The van der Waals surface area contributed by atoms with Crippen LogP contribution in [-0.4, -0.2) is 10.9 Å². The molecule has 5 aromatic rings. The number of allylic oxidation sites excluding steroid dienone is 8. The topological polar surface area (TPSA) is 6.48 Å². The molecule has 0 bridgehead atoms. The monoisotopic (exact) mass is 708 g/mol. The predicted octanol–water partition coefficient (Wildman–Crippen LogP) is 12.9. The lowest BCUT2D eigenvalue weighted by Crippen LogP contribution is -2.31. The smallest absolute Gasteiger partial charge is 0.0633 e. The van der Waals surface area contributed by atoms with Crippen molar-refractivity contribution in [1.29, 1.82) is 0 Å². The van der Waals surface area contributed by atoms with E-state index in [0.29, 0.717) is 0 Å². The molecule has 2 unspecified atom stereocenters. The number of hydrogen-bond acceptors (Lipinski definition) is 2. The van der Waals surface area contributed by atoms with Gasteiger partial charge in [0.1, 0.15) is 0 Å². The standard InChI is InChI=1S/C53H44N2/c1-7-10-12-18-37(4)54-51(17-8-2)45(9-3)48-35-41(27-34-52(48)54)40-25-30-43(31-26-40)55(42-28-23-39(24-29-42)38-19-13-11-14-20-38)44-32-33-47-46-21-15-16-22-49(46)53(5,6)50(47)36-44/h1,3,8,10-36,48,52H,2,4-6H3/b12-10-,17-8-,37-18+. The van der Waals surface area contributed by atoms with Gasteiger partial charge in [-0.25, -0.2) is 0 Å². The molecule has 8 rings (SSSR count). The second kappa shape index (κ2) is 14.6. The highest BCUT2D eigenvalue weighted by Crippen LogP contribution is 2.51. The number of fused-ring (bicyclic) bond motifs is 4. The van der Waals surface area contributed by atoms with Gasteiger partial charge < -0.3 is 9.80 Å². The van der Waals surface area contributed by atoms with Crippen LogP contribution in [0.15, 0.2) is 187 Å². The van der Waals surface area contributed by atoms with E-state index in [-0.39, 0.29) is 17.4 Å². The maximum absolute atomic E-state index is 6.22. The van der Waals surface area contributed by atoms with E-state index in [4.69, 9.17) is 12.8 Å². The first kappa shape index (κ1) is 35.3. The van der Waals surface area contributed by atoms with Crippen LogP contribution in [0.5, 0.6) is 0 Å². The third-order valence-electron chi connectivity index (χ3n) is 11.3. The lowest BCUT2D eigenvalue weighted by Gasteiger charge is -2.31. The maximum atomic E-state index is 6.22. The molecule has 3 aliphatic rings. The van der Waals surface area contributed by atoms with Crippen molar-refractivity contribution in [3.63, 3.8) is 0 Å². The van der Waals surface area contributed by atoms with Crippen molar-refractivity contribution in [3.05, 3.63) is 204 Å². The maximum Gasteiger partial charge on any atom is 0.0633 e. The fourth-order valence-electron chi connectivity index (χ4n) is 8.59. The van der Waals surface area contributed by atoms with E-state index in [2.05, 4.69) is 194 Å². The minimum atomic E-state index is -0.104. The Hall–Kier alpha value is -6.74. The highest BCUT2D eigenvalue weighted by atomic mass is 15.2. The molecule has 5 aromatic carbocycles. The van der Waals surface area contributed by atoms with Gasteiger partial charge in [-0.1, -0.05) is 141 Å². The van der Waals surface area contributed by atoms with Crippen LogP contribution in [0.1, 0.15) is 44.4 Å². The van der Waals surface area contributed by atoms with Crippen molar-refractivity contribution >= 4 is 22.6 Å². The van der Waals surface area contributed by atoms with Crippen molar-refractivity contribution < 1.29 is 0 Å². The number of hydrogen-bond donors (Lipinski definition) is 0. The minimum Gasteiger partial charge on any atom is -0.337 e. The molecule has 55 heavy (non-hydrogen) atoms. The third kappa shape index (κ3) is 6.27. The molecule has 266 valence electrons. The van der Waals surface area contributed by atoms with Gasteiger partial charge in [-0.2, -0.15) is 0 Å². The summed E-state index contributed by atoms with van der Waals surface area (Å²) in [7, 11) is 0. The van der Waals surface area contributed by atoms with Crippen molar-refractivity contribution in [3.8, 4) is 46.9 Å². The van der Waals surface area contributed by atoms with Gasteiger partial charge in [-0.05, 0) is 113 Å². The van der Waals surface area contributed by atoms with Gasteiger partial charge in [0.2, 0.25) is 0 Å². The van der Waals surface area contributed by atoms with Gasteiger partial charge >= 0.3 is 0 Å². The van der Waals surface area contributed by atoms with Gasteiger partial charge in [0.15, 0.2) is 0 Å². The molecule has 1 heterocycles. The summed E-state index contributed by atoms with van der Waals surface area (Å²) in [5, 5.41) is 0. The molecule has 0 spiro atoms. The number of rotatable bonds is 8. The highest BCUT2D eigenvalue weighted by Gasteiger charge is 2.39. The Morgan fingerprint density at radius 2 is 1.38 bits per heavy atom. The van der Waals surface area contributed by atoms with Crippen LogP contribution in [-0.2, 0) is 5.41 Å². The van der Waals surface area contributed by atoms with Gasteiger partial charge in [-0.15, -0.1) is 12.8 Å². The summed E-state index contributed by atoms with van der Waals surface area (Å²) in [6.45, 7) is 8.81. The first-order valence-electron chi connectivity index (χ1n) is 19.0. The molecule has 2 heteroatoms. The summed E-state index contributed by atoms with van der Waals surface area (Å²) < 4.78 is 0. The van der Waals surface area contributed by atoms with Crippen molar-refractivity contribution in [2.45, 2.75) is 39.2 Å². The van der Waals surface area contributed by atoms with Gasteiger partial charge in [0.05, 0.1) is 11.7 Å². The molecule has 0 saturated carbocycles. The summed E-state index contributed by atoms with van der Waals surface area (Å²) in [6.07, 6.45) is 28.4. The van der Waals surface area contributed by atoms with Crippen LogP contribution in [0.4, 0.5) is 17.1 Å². The zero-order valence-electron chi connectivity index (χ0n) is 31.9. The van der Waals surface area contributed by atoms with Crippen molar-refractivity contribution in [2.24, 2.45) is 5.92 Å². The zero-order chi connectivity index (χ0) is 38.1. The Labute approximate surface area is 326 Å². The van der Waals surface area contributed by atoms with E-state index in [0.717, 1.165) is 45.2 Å². The van der Waals surface area contributed by atoms with E-state index >= 15 is 0 Å². The molecule has 1 aliphatic heterocycles. The largest absolute Gasteiger partial charge is 0.337 e. The van der Waals surface area contributed by atoms with Gasteiger partial charge in [0, 0.05) is 39.7 Å². The Kier molecular flexibility index (Phi) is 9.36. The zero-order valence-corrected chi connectivity index (χ0v) is 31.9. The summed E-state index contributed by atoms with van der Waals surface area (Å²) in [5.74, 6) is 5.68. The SMILES string of the molecule is C#C/C=C\C=C(/C)N1C(/C=C\C)=C(C#C)C2C=C(c3ccc(N(c4ccc(-c5ccccc5)cc4)c4ccc5c(c4)C(C)(C)c4ccccc4-5)cc3)C=CC21. The number of benzene rings is 5. The molecule has 0 N–H and O–H groups in total. The molecule has 0 fully saturated rings. The molecule has 0 aromatic heterocycles. The fraction of sp³-hybridized carbons (Fsp3) is 0.132. The number of anilines is 3. The van der Waals surface area contributed by atoms with Crippen LogP contribution in [0.25, 0.3) is 27.8 Å². The Bertz CT molecular complexity index is 2540. The van der Waals surface area contributed by atoms with E-state index in [9.17, 15) is 0 Å². The first-order chi connectivity index (χ1) is 26.8. The van der Waals surface area contributed by atoms with Crippen molar-refractivity contribution in [1.82, 2.24) is 4.90 Å². The van der Waals surface area contributed by atoms with Gasteiger partial charge in [-0.3, -0.25) is 0 Å². The van der Waals surface area contributed by atoms with Crippen LogP contribution >= 0.6 is 0 Å². The summed E-state index contributed by atoms with van der Waals surface area (Å²) in [6, 6.07) is 44.3. The lowest BCUT2D eigenvalue weighted by molar-refractivity contribution is 0.373. The highest BCUT2D eigenvalue weighted by molar-refractivity contribution is 5.86. The molecule has 0 radical (unpaired) electrons. The average molecular weight is 709 g/mol. The number of nitrogens with zero attached hydrogens (tertiary/aromatic N) is 2. The summed E-state index contributed by atoms with van der Waals surface area (Å²) >= 11 is 0. The number of terminal acetylenes is 2. The molecular formula is C53H44N2. The third-order valence-corrected chi connectivity index (χ3v) is 11.3. The van der Waals surface area contributed by atoms with Crippen LogP contribution in [0.2, 0.25) is 0 Å². The first-order valence-corrected chi connectivity index (χ1v) is 19.0. The molecule has 2 aliphatic carbocycles. The van der Waals surface area contributed by atoms with Crippen LogP contribution < -0.4 is 4.90 Å². The molecule has 0 saturated heterocycles. The van der Waals surface area contributed by atoms with Crippen LogP contribution in [0, 0.1) is 30.6 Å².